The number of rotatable bonds is 1. The van der Waals surface area contributed by atoms with Gasteiger partial charge in [-0.1, -0.05) is 0 Å². The Labute approximate surface area is 103 Å². The van der Waals surface area contributed by atoms with E-state index < -0.39 is 11.6 Å². The van der Waals surface area contributed by atoms with E-state index in [-0.39, 0.29) is 6.04 Å². The number of nitrogens with zero attached hydrogens (tertiary/aromatic N) is 2. The van der Waals surface area contributed by atoms with Gasteiger partial charge in [-0.3, -0.25) is 0 Å². The van der Waals surface area contributed by atoms with Crippen molar-refractivity contribution in [1.29, 1.82) is 0 Å². The van der Waals surface area contributed by atoms with Gasteiger partial charge in [0, 0.05) is 29.9 Å². The summed E-state index contributed by atoms with van der Waals surface area (Å²) in [6, 6.07) is 3.60. The molecule has 1 aromatic heterocycles. The lowest BCUT2D eigenvalue weighted by atomic mass is 10.0. The maximum Gasteiger partial charge on any atom is 0.126 e. The summed E-state index contributed by atoms with van der Waals surface area (Å²) in [4.78, 5) is 4.26. The fourth-order valence-corrected chi connectivity index (χ4v) is 2.42. The minimum absolute atomic E-state index is 0.129. The zero-order valence-corrected chi connectivity index (χ0v) is 9.74. The van der Waals surface area contributed by atoms with Crippen molar-refractivity contribution in [1.82, 2.24) is 9.55 Å². The van der Waals surface area contributed by atoms with Crippen LogP contribution in [-0.2, 0) is 13.0 Å². The van der Waals surface area contributed by atoms with Gasteiger partial charge in [0.1, 0.15) is 11.6 Å². The molecule has 0 saturated heterocycles. The van der Waals surface area contributed by atoms with Gasteiger partial charge in [0.15, 0.2) is 0 Å². The second-order valence-electron chi connectivity index (χ2n) is 4.65. The summed E-state index contributed by atoms with van der Waals surface area (Å²) in [5.74, 6) is -1.17. The first-order valence-corrected chi connectivity index (χ1v) is 5.89. The number of aromatic nitrogens is 2. The van der Waals surface area contributed by atoms with E-state index in [4.69, 9.17) is 5.73 Å². The lowest BCUT2D eigenvalue weighted by Crippen LogP contribution is -2.31. The molecule has 3 rings (SSSR count). The molecule has 2 heterocycles. The molecule has 94 valence electrons. The first kappa shape index (κ1) is 11.3. The van der Waals surface area contributed by atoms with Crippen LogP contribution < -0.4 is 5.73 Å². The third-order valence-corrected chi connectivity index (χ3v) is 3.27. The van der Waals surface area contributed by atoms with Crippen molar-refractivity contribution in [3.8, 4) is 11.3 Å². The molecule has 18 heavy (non-hydrogen) atoms. The molecule has 0 amide bonds. The van der Waals surface area contributed by atoms with Crippen molar-refractivity contribution < 1.29 is 8.78 Å². The van der Waals surface area contributed by atoms with Gasteiger partial charge in [-0.05, 0) is 25.0 Å². The lowest BCUT2D eigenvalue weighted by Gasteiger charge is -2.21. The summed E-state index contributed by atoms with van der Waals surface area (Å²) in [5.41, 5.74) is 8.01. The zero-order chi connectivity index (χ0) is 12.7. The minimum atomic E-state index is -0.584. The molecule has 1 atom stereocenters. The molecule has 0 spiro atoms. The fraction of sp³-hybridized carbons (Fsp3) is 0.308. The second-order valence-corrected chi connectivity index (χ2v) is 4.65. The van der Waals surface area contributed by atoms with Gasteiger partial charge in [-0.15, -0.1) is 0 Å². The average molecular weight is 249 g/mol. The van der Waals surface area contributed by atoms with Crippen molar-refractivity contribution in [3.05, 3.63) is 41.9 Å². The van der Waals surface area contributed by atoms with E-state index in [9.17, 15) is 8.78 Å². The number of benzene rings is 1. The van der Waals surface area contributed by atoms with Crippen LogP contribution in [0, 0.1) is 11.6 Å². The number of fused-ring (bicyclic) bond motifs is 1. The monoisotopic (exact) mass is 249 g/mol. The Morgan fingerprint density at radius 3 is 2.67 bits per heavy atom. The first-order chi connectivity index (χ1) is 8.63. The Balaban J connectivity index is 2.07. The normalized spacial score (nSPS) is 18.7. The molecule has 1 aliphatic heterocycles. The van der Waals surface area contributed by atoms with Gasteiger partial charge >= 0.3 is 0 Å². The van der Waals surface area contributed by atoms with Gasteiger partial charge < -0.3 is 10.3 Å². The summed E-state index contributed by atoms with van der Waals surface area (Å²) >= 11 is 0. The van der Waals surface area contributed by atoms with Crippen LogP contribution in [-0.4, -0.2) is 15.6 Å². The van der Waals surface area contributed by atoms with Crippen molar-refractivity contribution in [2.45, 2.75) is 25.4 Å². The van der Waals surface area contributed by atoms with Crippen LogP contribution in [0.1, 0.15) is 12.1 Å². The minimum Gasteiger partial charge on any atom is -0.332 e. The van der Waals surface area contributed by atoms with Crippen LogP contribution in [0.25, 0.3) is 11.3 Å². The third-order valence-electron chi connectivity index (χ3n) is 3.27. The van der Waals surface area contributed by atoms with E-state index in [2.05, 4.69) is 4.98 Å². The van der Waals surface area contributed by atoms with E-state index in [0.29, 0.717) is 17.8 Å². The van der Waals surface area contributed by atoms with Gasteiger partial charge in [0.05, 0.1) is 12.0 Å². The van der Waals surface area contributed by atoms with Gasteiger partial charge in [-0.25, -0.2) is 13.8 Å². The van der Waals surface area contributed by atoms with Crippen LogP contribution >= 0.6 is 0 Å². The molecule has 1 unspecified atom stereocenters. The van der Waals surface area contributed by atoms with E-state index in [0.717, 1.165) is 24.6 Å². The summed E-state index contributed by atoms with van der Waals surface area (Å²) < 4.78 is 28.4. The van der Waals surface area contributed by atoms with Crippen LogP contribution in [0.5, 0.6) is 0 Å². The highest BCUT2D eigenvalue weighted by atomic mass is 19.1. The van der Waals surface area contributed by atoms with Crippen LogP contribution in [0.3, 0.4) is 0 Å². The van der Waals surface area contributed by atoms with Crippen LogP contribution in [0.4, 0.5) is 8.78 Å². The average Bonchev–Trinajstić information content (AvgIpc) is 2.70. The fourth-order valence-electron chi connectivity index (χ4n) is 2.42. The van der Waals surface area contributed by atoms with Crippen LogP contribution in [0.2, 0.25) is 0 Å². The number of hydrogen-bond acceptors (Lipinski definition) is 2. The Bertz CT molecular complexity index is 572. The molecule has 0 radical (unpaired) electrons. The van der Waals surface area contributed by atoms with Crippen molar-refractivity contribution >= 4 is 0 Å². The lowest BCUT2D eigenvalue weighted by molar-refractivity contribution is 0.461. The second kappa shape index (κ2) is 4.17. The van der Waals surface area contributed by atoms with Crippen molar-refractivity contribution in [3.63, 3.8) is 0 Å². The highest BCUT2D eigenvalue weighted by molar-refractivity contribution is 5.62. The third kappa shape index (κ3) is 1.90. The maximum absolute atomic E-state index is 13.2. The maximum atomic E-state index is 13.2. The standard InChI is InChI=1S/C13H13F2N3/c14-9-3-8(4-10(15)5-9)13-12-2-1-11(16)6-18(12)7-17-13/h3-5,7,11H,1-2,6,16H2. The summed E-state index contributed by atoms with van der Waals surface area (Å²) in [5, 5.41) is 0. The number of hydrogen-bond donors (Lipinski definition) is 1. The van der Waals surface area contributed by atoms with E-state index in [1.807, 2.05) is 4.57 Å². The van der Waals surface area contributed by atoms with Crippen molar-refractivity contribution in [2.75, 3.05) is 0 Å². The smallest absolute Gasteiger partial charge is 0.126 e. The summed E-state index contributed by atoms with van der Waals surface area (Å²) in [7, 11) is 0. The van der Waals surface area contributed by atoms with E-state index in [1.165, 1.54) is 12.1 Å². The molecule has 2 N–H and O–H groups in total. The quantitative estimate of drug-likeness (QED) is 0.841. The largest absolute Gasteiger partial charge is 0.332 e. The Kier molecular flexibility index (Phi) is 2.63. The molecule has 0 aliphatic carbocycles. The molecule has 5 heteroatoms. The molecular formula is C13H13F2N3. The molecule has 0 bridgehead atoms. The first-order valence-electron chi connectivity index (χ1n) is 5.89. The Morgan fingerprint density at radius 2 is 1.94 bits per heavy atom. The van der Waals surface area contributed by atoms with Gasteiger partial charge in [-0.2, -0.15) is 0 Å². The molecule has 3 nitrogen and oxygen atoms in total. The van der Waals surface area contributed by atoms with Gasteiger partial charge in [0.2, 0.25) is 0 Å². The SMILES string of the molecule is NC1CCc2c(-c3cc(F)cc(F)c3)ncn2C1. The molecular weight excluding hydrogens is 236 g/mol. The highest BCUT2D eigenvalue weighted by Crippen LogP contribution is 2.27. The predicted octanol–water partition coefficient (Wildman–Crippen LogP) is 2.10. The Morgan fingerprint density at radius 1 is 1.22 bits per heavy atom. The number of nitrogens with two attached hydrogens (primary N) is 1. The van der Waals surface area contributed by atoms with Crippen LogP contribution in [0.15, 0.2) is 24.5 Å². The molecule has 0 saturated carbocycles. The molecule has 1 aliphatic rings. The summed E-state index contributed by atoms with van der Waals surface area (Å²) in [6.07, 6.45) is 3.34. The summed E-state index contributed by atoms with van der Waals surface area (Å²) in [6.45, 7) is 0.708. The van der Waals surface area contributed by atoms with E-state index in [1.54, 1.807) is 6.33 Å². The molecule has 1 aromatic carbocycles. The molecule has 2 aromatic rings. The molecule has 0 fully saturated rings. The predicted molar refractivity (Wildman–Crippen MR) is 63.9 cm³/mol. The number of halogens is 2. The zero-order valence-electron chi connectivity index (χ0n) is 9.74. The van der Waals surface area contributed by atoms with Crippen molar-refractivity contribution in [2.24, 2.45) is 5.73 Å². The van der Waals surface area contributed by atoms with Gasteiger partial charge in [0.25, 0.3) is 0 Å². The Hall–Kier alpha value is -1.75. The topological polar surface area (TPSA) is 43.8 Å². The number of imidazole rings is 1. The van der Waals surface area contributed by atoms with E-state index >= 15 is 0 Å². The highest BCUT2D eigenvalue weighted by Gasteiger charge is 2.20.